The molecule has 0 radical (unpaired) electrons. The number of hydrogen-bond acceptors (Lipinski definition) is 4. The summed E-state index contributed by atoms with van der Waals surface area (Å²) in [5.74, 6) is 0.562. The third-order valence-corrected chi connectivity index (χ3v) is 1.94. The van der Waals surface area contributed by atoms with E-state index in [2.05, 4.69) is 15.6 Å². The van der Waals surface area contributed by atoms with E-state index in [4.69, 9.17) is 5.73 Å². The first kappa shape index (κ1) is 7.36. The average Bonchev–Trinajstić information content (AvgIpc) is 2.00. The monoisotopic (exact) mass is 164 g/mol. The van der Waals surface area contributed by atoms with E-state index in [0.29, 0.717) is 11.9 Å². The Morgan fingerprint density at radius 1 is 1.50 bits per heavy atom. The van der Waals surface area contributed by atoms with Gasteiger partial charge in [0.25, 0.3) is 0 Å². The lowest BCUT2D eigenvalue weighted by atomic mass is 10.2. The van der Waals surface area contributed by atoms with Crippen LogP contribution in [-0.2, 0) is 0 Å². The van der Waals surface area contributed by atoms with Crippen molar-refractivity contribution in [2.24, 2.45) is 0 Å². The Hall–Kier alpha value is -1.29. The Balaban J connectivity index is 1.98. The Morgan fingerprint density at radius 3 is 2.83 bits per heavy atom. The molecule has 0 amide bonds. The average molecular weight is 164 g/mol. The van der Waals surface area contributed by atoms with Crippen molar-refractivity contribution in [1.82, 2.24) is 10.3 Å². The number of hydrogen-bond donors (Lipinski definition) is 3. The van der Waals surface area contributed by atoms with Gasteiger partial charge in [0, 0.05) is 13.1 Å². The molecule has 1 saturated heterocycles. The molecule has 0 spiro atoms. The third kappa shape index (κ3) is 1.48. The van der Waals surface area contributed by atoms with Crippen LogP contribution in [-0.4, -0.2) is 24.1 Å². The van der Waals surface area contributed by atoms with Crippen molar-refractivity contribution in [1.29, 1.82) is 0 Å². The zero-order chi connectivity index (χ0) is 8.39. The second kappa shape index (κ2) is 2.98. The third-order valence-electron chi connectivity index (χ3n) is 1.94. The SMILES string of the molecule is Nc1ccc(NC2CNC2)cn1. The minimum absolute atomic E-state index is 0.551. The molecule has 1 aromatic rings. The van der Waals surface area contributed by atoms with Crippen LogP contribution in [0.4, 0.5) is 11.5 Å². The Bertz CT molecular complexity index is 252. The number of nitrogens with two attached hydrogens (primary N) is 1. The van der Waals surface area contributed by atoms with Crippen molar-refractivity contribution in [3.63, 3.8) is 0 Å². The molecule has 0 bridgehead atoms. The highest BCUT2D eigenvalue weighted by molar-refractivity contribution is 5.46. The maximum Gasteiger partial charge on any atom is 0.123 e. The summed E-state index contributed by atoms with van der Waals surface area (Å²) >= 11 is 0. The minimum Gasteiger partial charge on any atom is -0.384 e. The van der Waals surface area contributed by atoms with Crippen molar-refractivity contribution in [2.45, 2.75) is 6.04 Å². The summed E-state index contributed by atoms with van der Waals surface area (Å²) < 4.78 is 0. The van der Waals surface area contributed by atoms with Crippen molar-refractivity contribution in [3.05, 3.63) is 18.3 Å². The molecule has 4 nitrogen and oxygen atoms in total. The van der Waals surface area contributed by atoms with Crippen LogP contribution in [0.25, 0.3) is 0 Å². The Morgan fingerprint density at radius 2 is 2.33 bits per heavy atom. The van der Waals surface area contributed by atoms with Gasteiger partial charge in [0.15, 0.2) is 0 Å². The summed E-state index contributed by atoms with van der Waals surface area (Å²) in [4.78, 5) is 3.99. The normalized spacial score (nSPS) is 17.0. The van der Waals surface area contributed by atoms with Crippen LogP contribution in [0.3, 0.4) is 0 Å². The lowest BCUT2D eigenvalue weighted by Gasteiger charge is -2.28. The van der Waals surface area contributed by atoms with Crippen LogP contribution >= 0.6 is 0 Å². The van der Waals surface area contributed by atoms with E-state index in [9.17, 15) is 0 Å². The van der Waals surface area contributed by atoms with Gasteiger partial charge in [0.05, 0.1) is 17.9 Å². The zero-order valence-electron chi connectivity index (χ0n) is 6.75. The second-order valence-electron chi connectivity index (χ2n) is 2.97. The molecule has 1 aromatic heterocycles. The highest BCUT2D eigenvalue weighted by atomic mass is 15.1. The first-order chi connectivity index (χ1) is 5.84. The van der Waals surface area contributed by atoms with Gasteiger partial charge in [0.2, 0.25) is 0 Å². The number of nitrogens with one attached hydrogen (secondary N) is 2. The Kier molecular flexibility index (Phi) is 1.83. The van der Waals surface area contributed by atoms with E-state index in [1.54, 1.807) is 12.3 Å². The van der Waals surface area contributed by atoms with Crippen LogP contribution in [0.2, 0.25) is 0 Å². The standard InChI is InChI=1S/C8H12N4/c9-8-2-1-6(5-11-8)12-7-3-10-4-7/h1-2,5,7,10,12H,3-4H2,(H2,9,11). The van der Waals surface area contributed by atoms with Gasteiger partial charge >= 0.3 is 0 Å². The Labute approximate surface area is 71.2 Å². The van der Waals surface area contributed by atoms with E-state index in [1.807, 2.05) is 6.07 Å². The first-order valence-electron chi connectivity index (χ1n) is 4.03. The predicted octanol–water partition coefficient (Wildman–Crippen LogP) is 0.0475. The maximum atomic E-state index is 5.45. The lowest BCUT2D eigenvalue weighted by Crippen LogP contribution is -2.51. The van der Waals surface area contributed by atoms with Crippen LogP contribution in [0.5, 0.6) is 0 Å². The molecule has 1 fully saturated rings. The van der Waals surface area contributed by atoms with E-state index in [1.165, 1.54) is 0 Å². The maximum absolute atomic E-state index is 5.45. The van der Waals surface area contributed by atoms with Gasteiger partial charge in [0.1, 0.15) is 5.82 Å². The molecule has 4 N–H and O–H groups in total. The number of aromatic nitrogens is 1. The fourth-order valence-electron chi connectivity index (χ4n) is 1.12. The van der Waals surface area contributed by atoms with Crippen molar-refractivity contribution < 1.29 is 0 Å². The summed E-state index contributed by atoms with van der Waals surface area (Å²) in [5, 5.41) is 6.51. The van der Waals surface area contributed by atoms with Gasteiger partial charge in [-0.3, -0.25) is 0 Å². The molecule has 4 heteroatoms. The van der Waals surface area contributed by atoms with Crippen LogP contribution in [0, 0.1) is 0 Å². The molecule has 12 heavy (non-hydrogen) atoms. The minimum atomic E-state index is 0.551. The molecule has 2 heterocycles. The van der Waals surface area contributed by atoms with Gasteiger partial charge in [-0.15, -0.1) is 0 Å². The largest absolute Gasteiger partial charge is 0.384 e. The molecule has 0 atom stereocenters. The van der Waals surface area contributed by atoms with Gasteiger partial charge in [-0.2, -0.15) is 0 Å². The second-order valence-corrected chi connectivity index (χ2v) is 2.97. The molecule has 0 unspecified atom stereocenters. The topological polar surface area (TPSA) is 63.0 Å². The fraction of sp³-hybridized carbons (Fsp3) is 0.375. The molecule has 1 aliphatic rings. The highest BCUT2D eigenvalue weighted by Gasteiger charge is 2.15. The number of pyridine rings is 1. The first-order valence-corrected chi connectivity index (χ1v) is 4.03. The number of anilines is 2. The van der Waals surface area contributed by atoms with Crippen molar-refractivity contribution >= 4 is 11.5 Å². The summed E-state index contributed by atoms with van der Waals surface area (Å²) in [6.07, 6.45) is 1.76. The van der Waals surface area contributed by atoms with E-state index < -0.39 is 0 Å². The van der Waals surface area contributed by atoms with Gasteiger partial charge in [-0.05, 0) is 12.1 Å². The summed E-state index contributed by atoms with van der Waals surface area (Å²) in [7, 11) is 0. The summed E-state index contributed by atoms with van der Waals surface area (Å²) in [6, 6.07) is 4.30. The van der Waals surface area contributed by atoms with Gasteiger partial charge < -0.3 is 16.4 Å². The fourth-order valence-corrected chi connectivity index (χ4v) is 1.12. The lowest BCUT2D eigenvalue weighted by molar-refractivity contribution is 0.472. The summed E-state index contributed by atoms with van der Waals surface area (Å²) in [5.41, 5.74) is 6.49. The molecular formula is C8H12N4. The van der Waals surface area contributed by atoms with E-state index >= 15 is 0 Å². The smallest absolute Gasteiger partial charge is 0.123 e. The quantitative estimate of drug-likeness (QED) is 0.578. The predicted molar refractivity (Wildman–Crippen MR) is 48.9 cm³/mol. The van der Waals surface area contributed by atoms with Crippen LogP contribution in [0.1, 0.15) is 0 Å². The van der Waals surface area contributed by atoms with Crippen molar-refractivity contribution in [3.8, 4) is 0 Å². The molecule has 0 aromatic carbocycles. The number of rotatable bonds is 2. The van der Waals surface area contributed by atoms with E-state index in [-0.39, 0.29) is 0 Å². The number of nitrogen functional groups attached to an aromatic ring is 1. The molecule has 0 aliphatic carbocycles. The molecule has 64 valence electrons. The summed E-state index contributed by atoms with van der Waals surface area (Å²) in [6.45, 7) is 2.06. The molecule has 1 aliphatic heterocycles. The highest BCUT2D eigenvalue weighted by Crippen LogP contribution is 2.09. The van der Waals surface area contributed by atoms with Crippen molar-refractivity contribution in [2.75, 3.05) is 24.1 Å². The van der Waals surface area contributed by atoms with Gasteiger partial charge in [-0.1, -0.05) is 0 Å². The molecule has 2 rings (SSSR count). The van der Waals surface area contributed by atoms with Gasteiger partial charge in [-0.25, -0.2) is 4.98 Å². The zero-order valence-corrected chi connectivity index (χ0v) is 6.75. The van der Waals surface area contributed by atoms with Crippen LogP contribution < -0.4 is 16.4 Å². The van der Waals surface area contributed by atoms with Crippen LogP contribution in [0.15, 0.2) is 18.3 Å². The van der Waals surface area contributed by atoms with E-state index in [0.717, 1.165) is 18.8 Å². The molecule has 0 saturated carbocycles. The number of nitrogens with zero attached hydrogens (tertiary/aromatic N) is 1. The molecular weight excluding hydrogens is 152 g/mol.